The van der Waals surface area contributed by atoms with Crippen LogP contribution in [0.3, 0.4) is 0 Å². The van der Waals surface area contributed by atoms with Crippen molar-refractivity contribution in [2.24, 2.45) is 5.73 Å². The maximum absolute atomic E-state index is 13.5. The van der Waals surface area contributed by atoms with Crippen molar-refractivity contribution in [3.63, 3.8) is 0 Å². The number of nitrogens with two attached hydrogens (primary N) is 1. The molecule has 5 rings (SSSR count). The third-order valence-corrected chi connectivity index (χ3v) is 6.87. The van der Waals surface area contributed by atoms with Gasteiger partial charge in [0.25, 0.3) is 5.91 Å². The molecule has 1 amide bonds. The second kappa shape index (κ2) is 10.9. The first-order valence-corrected chi connectivity index (χ1v) is 12.7. The van der Waals surface area contributed by atoms with Crippen LogP contribution in [0.1, 0.15) is 40.6 Å². The fraction of sp³-hybridized carbons (Fsp3) is 0.269. The van der Waals surface area contributed by atoms with Gasteiger partial charge in [-0.3, -0.25) is 10.1 Å². The zero-order chi connectivity index (χ0) is 24.9. The standard InChI is InChI=1S/C26H27FN6O2S/c27-24-15-18(9-11-29-24)16-32-12-1-4-23(32)25(34)31-26-30-21(17-36-26)22-3-2-13-33(22)19-5-7-20(8-6-19)35-14-10-28/h1,4-9,11-12,15,17,22H,2-3,10,13-14,16,28H2,(H,30,31,34)/t22-/m1/s1. The Morgan fingerprint density at radius 2 is 2.11 bits per heavy atom. The maximum atomic E-state index is 13.5. The van der Waals surface area contributed by atoms with E-state index in [4.69, 9.17) is 15.5 Å². The highest BCUT2D eigenvalue weighted by Crippen LogP contribution is 2.37. The quantitative estimate of drug-likeness (QED) is 0.325. The Labute approximate surface area is 212 Å². The van der Waals surface area contributed by atoms with Crippen molar-refractivity contribution >= 4 is 28.1 Å². The van der Waals surface area contributed by atoms with Gasteiger partial charge in [0.15, 0.2) is 5.13 Å². The first kappa shape index (κ1) is 24.0. The Balaban J connectivity index is 1.25. The second-order valence-electron chi connectivity index (χ2n) is 8.52. The predicted octanol–water partition coefficient (Wildman–Crippen LogP) is 4.46. The van der Waals surface area contributed by atoms with E-state index in [0.717, 1.165) is 42.1 Å². The van der Waals surface area contributed by atoms with Crippen LogP contribution in [0.4, 0.5) is 15.2 Å². The van der Waals surface area contributed by atoms with Crippen molar-refractivity contribution in [2.45, 2.75) is 25.4 Å². The smallest absolute Gasteiger partial charge is 0.274 e. The van der Waals surface area contributed by atoms with Gasteiger partial charge in [-0.25, -0.2) is 9.97 Å². The van der Waals surface area contributed by atoms with Crippen LogP contribution in [0, 0.1) is 5.95 Å². The van der Waals surface area contributed by atoms with E-state index in [1.807, 2.05) is 17.5 Å². The van der Waals surface area contributed by atoms with Gasteiger partial charge in [0.2, 0.25) is 5.95 Å². The van der Waals surface area contributed by atoms with Crippen LogP contribution >= 0.6 is 11.3 Å². The molecule has 1 aliphatic rings. The van der Waals surface area contributed by atoms with Crippen molar-refractivity contribution in [1.82, 2.24) is 14.5 Å². The van der Waals surface area contributed by atoms with Crippen LogP contribution in [0.25, 0.3) is 0 Å². The zero-order valence-corrected chi connectivity index (χ0v) is 20.5. The average molecular weight is 507 g/mol. The number of benzene rings is 1. The van der Waals surface area contributed by atoms with Gasteiger partial charge in [0, 0.05) is 43.1 Å². The molecule has 0 spiro atoms. The number of aromatic nitrogens is 3. The predicted molar refractivity (Wildman–Crippen MR) is 138 cm³/mol. The fourth-order valence-electron chi connectivity index (χ4n) is 4.45. The summed E-state index contributed by atoms with van der Waals surface area (Å²) in [5.41, 5.74) is 8.77. The third-order valence-electron chi connectivity index (χ3n) is 6.10. The Kier molecular flexibility index (Phi) is 7.24. The number of anilines is 2. The molecular weight excluding hydrogens is 479 g/mol. The van der Waals surface area contributed by atoms with Crippen LogP contribution in [-0.4, -0.2) is 40.1 Å². The molecule has 1 aromatic carbocycles. The van der Waals surface area contributed by atoms with Gasteiger partial charge in [0.1, 0.15) is 18.1 Å². The number of hydrogen-bond donors (Lipinski definition) is 2. The number of rotatable bonds is 9. The van der Waals surface area contributed by atoms with Gasteiger partial charge >= 0.3 is 0 Å². The molecule has 0 unspecified atom stereocenters. The van der Waals surface area contributed by atoms with Crippen molar-refractivity contribution < 1.29 is 13.9 Å². The number of nitrogens with zero attached hydrogens (tertiary/aromatic N) is 4. The number of halogens is 1. The SMILES string of the molecule is NCCOc1ccc(N2CCC[C@@H]2c2csc(NC(=O)c3cccn3Cc3ccnc(F)c3)n2)cc1. The maximum Gasteiger partial charge on any atom is 0.274 e. The summed E-state index contributed by atoms with van der Waals surface area (Å²) in [4.78, 5) is 23.7. The van der Waals surface area contributed by atoms with Crippen LogP contribution in [0.15, 0.2) is 66.3 Å². The molecule has 0 saturated carbocycles. The van der Waals surface area contributed by atoms with Crippen LogP contribution in [0.2, 0.25) is 0 Å². The number of carbonyl (C=O) groups excluding carboxylic acids is 1. The van der Waals surface area contributed by atoms with Crippen LogP contribution in [-0.2, 0) is 6.54 Å². The molecule has 0 bridgehead atoms. The highest BCUT2D eigenvalue weighted by Gasteiger charge is 2.28. The van der Waals surface area contributed by atoms with E-state index in [1.165, 1.54) is 23.6 Å². The third kappa shape index (κ3) is 5.39. The van der Waals surface area contributed by atoms with Gasteiger partial charge in [-0.2, -0.15) is 4.39 Å². The molecule has 3 N–H and O–H groups in total. The molecule has 0 radical (unpaired) electrons. The van der Waals surface area contributed by atoms with E-state index >= 15 is 0 Å². The molecule has 186 valence electrons. The minimum atomic E-state index is -0.544. The average Bonchev–Trinajstić information content (AvgIpc) is 3.64. The molecule has 1 saturated heterocycles. The zero-order valence-electron chi connectivity index (χ0n) is 19.6. The summed E-state index contributed by atoms with van der Waals surface area (Å²) in [7, 11) is 0. The van der Waals surface area contributed by atoms with Crippen molar-refractivity contribution in [3.8, 4) is 5.75 Å². The normalized spacial score (nSPS) is 15.3. The van der Waals surface area contributed by atoms with Gasteiger partial charge in [-0.1, -0.05) is 0 Å². The number of amides is 1. The number of nitrogens with one attached hydrogen (secondary N) is 1. The van der Waals surface area contributed by atoms with Gasteiger partial charge < -0.3 is 19.9 Å². The van der Waals surface area contributed by atoms with E-state index < -0.39 is 5.95 Å². The molecule has 1 fully saturated rings. The summed E-state index contributed by atoms with van der Waals surface area (Å²) in [5, 5.41) is 5.48. The first-order chi connectivity index (χ1) is 17.6. The van der Waals surface area contributed by atoms with E-state index in [0.29, 0.717) is 30.5 Å². The minimum absolute atomic E-state index is 0.146. The number of thiazole rings is 1. The lowest BCUT2D eigenvalue weighted by molar-refractivity contribution is 0.101. The molecule has 10 heteroatoms. The first-order valence-electron chi connectivity index (χ1n) is 11.8. The fourth-order valence-corrected chi connectivity index (χ4v) is 5.20. The molecular formula is C26H27FN6O2S. The number of ether oxygens (including phenoxy) is 1. The largest absolute Gasteiger partial charge is 0.492 e. The minimum Gasteiger partial charge on any atom is -0.492 e. The highest BCUT2D eigenvalue weighted by atomic mass is 32.1. The summed E-state index contributed by atoms with van der Waals surface area (Å²) >= 11 is 1.41. The van der Waals surface area contributed by atoms with Crippen molar-refractivity contribution in [2.75, 3.05) is 29.9 Å². The lowest BCUT2D eigenvalue weighted by Gasteiger charge is -2.25. The van der Waals surface area contributed by atoms with Gasteiger partial charge in [0.05, 0.1) is 11.7 Å². The van der Waals surface area contributed by atoms with E-state index in [2.05, 4.69) is 27.3 Å². The monoisotopic (exact) mass is 506 g/mol. The number of pyridine rings is 1. The number of carbonyl (C=O) groups is 1. The molecule has 8 nitrogen and oxygen atoms in total. The lowest BCUT2D eigenvalue weighted by Crippen LogP contribution is -2.23. The molecule has 36 heavy (non-hydrogen) atoms. The van der Waals surface area contributed by atoms with Crippen molar-refractivity contribution in [1.29, 1.82) is 0 Å². The Morgan fingerprint density at radius 1 is 1.25 bits per heavy atom. The Bertz CT molecular complexity index is 1320. The van der Waals surface area contributed by atoms with Crippen LogP contribution in [0.5, 0.6) is 5.75 Å². The second-order valence-corrected chi connectivity index (χ2v) is 9.38. The molecule has 4 heterocycles. The summed E-state index contributed by atoms with van der Waals surface area (Å²) in [6.07, 6.45) is 5.27. The van der Waals surface area contributed by atoms with E-state index in [-0.39, 0.29) is 11.9 Å². The summed E-state index contributed by atoms with van der Waals surface area (Å²) in [5.74, 6) is 0.00185. The topological polar surface area (TPSA) is 98.3 Å². The van der Waals surface area contributed by atoms with Gasteiger partial charge in [-0.05, 0) is 66.9 Å². The van der Waals surface area contributed by atoms with Crippen LogP contribution < -0.4 is 20.7 Å². The van der Waals surface area contributed by atoms with E-state index in [9.17, 15) is 9.18 Å². The molecule has 1 aliphatic heterocycles. The summed E-state index contributed by atoms with van der Waals surface area (Å²) in [6.45, 7) is 2.28. The van der Waals surface area contributed by atoms with E-state index in [1.54, 1.807) is 29.0 Å². The molecule has 3 aromatic heterocycles. The number of hydrogen-bond acceptors (Lipinski definition) is 7. The van der Waals surface area contributed by atoms with Gasteiger partial charge in [-0.15, -0.1) is 11.3 Å². The Hall–Kier alpha value is -3.76. The van der Waals surface area contributed by atoms with Crippen molar-refractivity contribution in [3.05, 3.63) is 89.2 Å². The summed E-state index contributed by atoms with van der Waals surface area (Å²) in [6, 6.07) is 14.8. The molecule has 0 aliphatic carbocycles. The highest BCUT2D eigenvalue weighted by molar-refractivity contribution is 7.14. The Morgan fingerprint density at radius 3 is 2.92 bits per heavy atom. The molecule has 1 atom stereocenters. The lowest BCUT2D eigenvalue weighted by atomic mass is 10.1. The molecule has 4 aromatic rings. The summed E-state index contributed by atoms with van der Waals surface area (Å²) < 4.78 is 20.8.